The van der Waals surface area contributed by atoms with Crippen LogP contribution in [0.3, 0.4) is 0 Å². The zero-order valence-corrected chi connectivity index (χ0v) is 39.5. The Kier molecular flexibility index (Phi) is 13.9. The van der Waals surface area contributed by atoms with Crippen molar-refractivity contribution >= 4 is 44.5 Å². The summed E-state index contributed by atoms with van der Waals surface area (Å²) in [5.41, 5.74) is -0.558. The number of esters is 1. The number of pyridine rings is 1. The van der Waals surface area contributed by atoms with Crippen LogP contribution in [0, 0.1) is 28.6 Å². The van der Waals surface area contributed by atoms with Crippen LogP contribution in [-0.2, 0) is 45.1 Å². The number of hydrogen-bond donors (Lipinski definition) is 1. The lowest BCUT2D eigenvalue weighted by Gasteiger charge is -2.35. The number of sulfonamides is 1. The van der Waals surface area contributed by atoms with E-state index in [-0.39, 0.29) is 55.9 Å². The van der Waals surface area contributed by atoms with Gasteiger partial charge in [-0.15, -0.1) is 6.58 Å². The number of ether oxygens (including phenoxy) is 4. The van der Waals surface area contributed by atoms with Crippen LogP contribution >= 0.6 is 0 Å². The summed E-state index contributed by atoms with van der Waals surface area (Å²) < 4.78 is 53.1. The molecule has 0 radical (unpaired) electrons. The molecular weight excluding hydrogens is 849 g/mol. The lowest BCUT2D eigenvalue weighted by molar-refractivity contribution is -0.158. The van der Waals surface area contributed by atoms with Crippen molar-refractivity contribution in [1.29, 1.82) is 0 Å². The minimum atomic E-state index is -3.98. The van der Waals surface area contributed by atoms with Crippen LogP contribution in [0.25, 0.3) is 10.9 Å². The van der Waals surface area contributed by atoms with E-state index in [1.807, 2.05) is 45.0 Å². The van der Waals surface area contributed by atoms with Crippen LogP contribution in [0.2, 0.25) is 0 Å². The smallest absolute Gasteiger partial charge is 0.306 e. The number of nitrogens with zero attached hydrogens (tertiary/aromatic N) is 3. The molecule has 2 bridgehead atoms. The molecule has 3 saturated carbocycles. The molecule has 14 nitrogen and oxygen atoms in total. The van der Waals surface area contributed by atoms with Crippen LogP contribution in [0.4, 0.5) is 0 Å². The van der Waals surface area contributed by atoms with Gasteiger partial charge in [-0.3, -0.25) is 28.8 Å². The summed E-state index contributed by atoms with van der Waals surface area (Å²) in [7, 11) is -3.98. The van der Waals surface area contributed by atoms with Crippen molar-refractivity contribution in [3.63, 3.8) is 0 Å². The Bertz CT molecular complexity index is 2280. The minimum Gasteiger partial charge on any atom is -0.492 e. The molecule has 1 aromatic heterocycles. The van der Waals surface area contributed by atoms with Gasteiger partial charge in [0, 0.05) is 37.9 Å². The Labute approximate surface area is 384 Å². The standard InChI is InChI=1S/C50H68N4O10S/c1-6-34-30-50(34,47(58)52-65(59,60)49(5)20-21-49)31-41(55)40-28-35-32-54(40)46(57)38(48(2,3)4)29-43(56)64-42-19-12-15-33(42)14-8-7-9-17-37-44(62-25-13-22-53-23-26-61-27-24-53)36-16-10-11-18-39(36)51-45(37)63-35/h6-7,9-11,16,18,33-35,38,40,42H,1,8,12-15,17,19-32H2,2-5H3,(H,52,58)/b9-7+/t33-,34-,35-,38-,40+,42-,50-/m1/s1. The highest BCUT2D eigenvalue weighted by Gasteiger charge is 2.62. The van der Waals surface area contributed by atoms with Gasteiger partial charge in [0.2, 0.25) is 27.7 Å². The Hall–Kier alpha value is -4.34. The molecule has 7 atom stereocenters. The number of carbonyl (C=O) groups is 4. The van der Waals surface area contributed by atoms with Crippen molar-refractivity contribution in [3.05, 3.63) is 54.6 Å². The Morgan fingerprint density at radius 2 is 1.83 bits per heavy atom. The van der Waals surface area contributed by atoms with E-state index in [4.69, 9.17) is 23.9 Å². The Morgan fingerprint density at radius 3 is 2.55 bits per heavy atom. The molecule has 0 spiro atoms. The Morgan fingerprint density at radius 1 is 1.06 bits per heavy atom. The number of nitrogens with one attached hydrogen (secondary N) is 1. The summed E-state index contributed by atoms with van der Waals surface area (Å²) in [6.07, 6.45) is 11.4. The van der Waals surface area contributed by atoms with Gasteiger partial charge >= 0.3 is 5.97 Å². The molecular formula is C50H68N4O10S. The third-order valence-corrected chi connectivity index (χ3v) is 17.2. The summed E-state index contributed by atoms with van der Waals surface area (Å²) in [5.74, 6) is -1.91. The van der Waals surface area contributed by atoms with Gasteiger partial charge in [0.05, 0.1) is 66.0 Å². The summed E-state index contributed by atoms with van der Waals surface area (Å²) in [6.45, 7) is 15.8. The molecule has 3 aliphatic carbocycles. The van der Waals surface area contributed by atoms with E-state index in [2.05, 4.69) is 28.4 Å². The number of ketones is 1. The zero-order valence-electron chi connectivity index (χ0n) is 38.7. The highest BCUT2D eigenvalue weighted by atomic mass is 32.2. The first-order chi connectivity index (χ1) is 31.0. The second-order valence-electron chi connectivity index (χ2n) is 20.7. The number of carbonyl (C=O) groups excluding carboxylic acids is 4. The van der Waals surface area contributed by atoms with Crippen LogP contribution in [0.5, 0.6) is 11.6 Å². The fraction of sp³-hybridized carbons (Fsp3) is 0.660. The number of para-hydroxylation sites is 1. The van der Waals surface area contributed by atoms with Gasteiger partial charge in [0.15, 0.2) is 5.78 Å². The van der Waals surface area contributed by atoms with Crippen LogP contribution < -0.4 is 14.2 Å². The van der Waals surface area contributed by atoms with Gasteiger partial charge in [-0.25, -0.2) is 13.4 Å². The molecule has 2 amide bonds. The first-order valence-corrected chi connectivity index (χ1v) is 25.4. The first-order valence-electron chi connectivity index (χ1n) is 23.9. The first kappa shape index (κ1) is 47.2. The van der Waals surface area contributed by atoms with E-state index >= 15 is 4.79 Å². The average molecular weight is 917 g/mol. The predicted molar refractivity (Wildman–Crippen MR) is 246 cm³/mol. The molecule has 2 aromatic rings. The van der Waals surface area contributed by atoms with Gasteiger partial charge in [-0.05, 0) is 101 Å². The van der Waals surface area contributed by atoms with E-state index in [0.717, 1.165) is 82.3 Å². The van der Waals surface area contributed by atoms with E-state index < -0.39 is 61.5 Å². The second kappa shape index (κ2) is 19.1. The highest BCUT2D eigenvalue weighted by Crippen LogP contribution is 2.57. The zero-order chi connectivity index (χ0) is 46.1. The largest absolute Gasteiger partial charge is 0.492 e. The lowest BCUT2D eigenvalue weighted by atomic mass is 9.77. The minimum absolute atomic E-state index is 0.0257. The number of morpholine rings is 1. The van der Waals surface area contributed by atoms with Crippen molar-refractivity contribution in [3.8, 4) is 11.6 Å². The van der Waals surface area contributed by atoms with Crippen molar-refractivity contribution in [2.24, 2.45) is 28.6 Å². The number of rotatable bonds is 12. The third-order valence-electron chi connectivity index (χ3n) is 15.0. The average Bonchev–Trinajstić information content (AvgIpc) is 4.09. The molecule has 3 aliphatic heterocycles. The normalized spacial score (nSPS) is 30.2. The number of benzene rings is 1. The van der Waals surface area contributed by atoms with Crippen molar-refractivity contribution < 1.29 is 46.5 Å². The summed E-state index contributed by atoms with van der Waals surface area (Å²) in [6, 6.07) is 6.78. The fourth-order valence-corrected chi connectivity index (χ4v) is 11.7. The summed E-state index contributed by atoms with van der Waals surface area (Å²) in [5, 5.41) is 0.860. The molecule has 15 heteroatoms. The topological polar surface area (TPSA) is 171 Å². The molecule has 5 fully saturated rings. The number of allylic oxidation sites excluding steroid dienone is 3. The van der Waals surface area contributed by atoms with Gasteiger partial charge < -0.3 is 23.8 Å². The molecule has 354 valence electrons. The van der Waals surface area contributed by atoms with E-state index in [1.54, 1.807) is 13.0 Å². The van der Waals surface area contributed by atoms with Gasteiger partial charge in [-0.1, -0.05) is 51.1 Å². The van der Waals surface area contributed by atoms with Crippen molar-refractivity contribution in [1.82, 2.24) is 19.5 Å². The Balaban J connectivity index is 1.13. The van der Waals surface area contributed by atoms with Crippen LogP contribution in [-0.4, -0.2) is 116 Å². The number of aromatic nitrogens is 1. The summed E-state index contributed by atoms with van der Waals surface area (Å²) >= 11 is 0. The lowest BCUT2D eigenvalue weighted by Crippen LogP contribution is -2.49. The maximum Gasteiger partial charge on any atom is 0.306 e. The predicted octanol–water partition coefficient (Wildman–Crippen LogP) is 6.49. The molecule has 8 rings (SSSR count). The van der Waals surface area contributed by atoms with E-state index in [0.29, 0.717) is 43.0 Å². The SMILES string of the molecule is C=C[C@@H]1C[C@]1(CC(=O)[C@@H]1C[C@@H]2CN1C(=O)[C@H](C(C)(C)C)CC(=O)O[C@@H]1CCC[C@H]1CC/C=C/Cc1c(nc3ccccc3c1OCCCN1CCOCC1)O2)C(=O)NS(=O)(=O)C1(C)CC1. The quantitative estimate of drug-likeness (QED) is 0.140. The summed E-state index contributed by atoms with van der Waals surface area (Å²) in [4.78, 5) is 66.7. The van der Waals surface area contributed by atoms with E-state index in [1.165, 1.54) is 4.90 Å². The third kappa shape index (κ3) is 10.3. The maximum absolute atomic E-state index is 15.1. The molecule has 2 saturated heterocycles. The van der Waals surface area contributed by atoms with Gasteiger partial charge in [0.1, 0.15) is 18.0 Å². The molecule has 1 aromatic carbocycles. The van der Waals surface area contributed by atoms with Crippen molar-refractivity contribution in [2.75, 3.05) is 46.0 Å². The fourth-order valence-electron chi connectivity index (χ4n) is 10.4. The molecule has 1 N–H and O–H groups in total. The molecule has 0 unspecified atom stereocenters. The number of Topliss-reactive ketones (excluding diaryl/α,β-unsaturated/α-hetero) is 1. The van der Waals surface area contributed by atoms with Crippen LogP contribution in [0.15, 0.2) is 49.1 Å². The van der Waals surface area contributed by atoms with Crippen LogP contribution in [0.1, 0.15) is 110 Å². The maximum atomic E-state index is 15.1. The second-order valence-corrected chi connectivity index (χ2v) is 22.9. The van der Waals surface area contributed by atoms with Gasteiger partial charge in [0.25, 0.3) is 0 Å². The van der Waals surface area contributed by atoms with Gasteiger partial charge in [-0.2, -0.15) is 0 Å². The number of fused-ring (bicyclic) bond motifs is 5. The number of amides is 2. The monoisotopic (exact) mass is 916 g/mol. The number of hydrogen-bond acceptors (Lipinski definition) is 12. The molecule has 4 heterocycles. The van der Waals surface area contributed by atoms with E-state index in [9.17, 15) is 22.8 Å². The molecule has 6 aliphatic rings. The molecule has 65 heavy (non-hydrogen) atoms. The van der Waals surface area contributed by atoms with Crippen molar-refractivity contribution in [2.45, 2.75) is 134 Å². The highest BCUT2D eigenvalue weighted by molar-refractivity contribution is 7.91.